The maximum atomic E-state index is 12.1. The van der Waals surface area contributed by atoms with Gasteiger partial charge in [0.05, 0.1) is 5.69 Å². The molecule has 3 aromatic rings. The largest absolute Gasteiger partial charge is 0.382 e. The minimum absolute atomic E-state index is 0.0913. The summed E-state index contributed by atoms with van der Waals surface area (Å²) >= 11 is 3.03. The Morgan fingerprint density at radius 3 is 2.65 bits per heavy atom. The molecular weight excluding hydrogens is 330 g/mol. The van der Waals surface area contributed by atoms with E-state index in [1.165, 1.54) is 28.6 Å². The molecule has 0 saturated carbocycles. The van der Waals surface area contributed by atoms with Gasteiger partial charge in [-0.05, 0) is 18.4 Å². The van der Waals surface area contributed by atoms with Crippen molar-refractivity contribution < 1.29 is 4.79 Å². The van der Waals surface area contributed by atoms with Crippen molar-refractivity contribution in [2.45, 2.75) is 4.90 Å². The van der Waals surface area contributed by atoms with Crippen molar-refractivity contribution in [2.24, 2.45) is 0 Å². The third-order valence-electron chi connectivity index (χ3n) is 3.05. The first-order valence-corrected chi connectivity index (χ1v) is 8.75. The molecular formula is C15H13N5OS2. The predicted octanol–water partition coefficient (Wildman–Crippen LogP) is 3.16. The highest BCUT2D eigenvalue weighted by atomic mass is 32.2. The highest BCUT2D eigenvalue weighted by Gasteiger charge is 2.14. The van der Waals surface area contributed by atoms with Gasteiger partial charge in [-0.1, -0.05) is 12.1 Å². The Morgan fingerprint density at radius 2 is 1.96 bits per heavy atom. The van der Waals surface area contributed by atoms with Crippen LogP contribution in [0.5, 0.6) is 0 Å². The van der Waals surface area contributed by atoms with Crippen LogP contribution in [0.3, 0.4) is 0 Å². The van der Waals surface area contributed by atoms with Gasteiger partial charge in [-0.2, -0.15) is 0 Å². The van der Waals surface area contributed by atoms with Crippen LogP contribution in [0.2, 0.25) is 0 Å². The zero-order valence-electron chi connectivity index (χ0n) is 12.2. The number of amides is 1. The van der Waals surface area contributed by atoms with Crippen LogP contribution in [0.25, 0.3) is 11.3 Å². The fourth-order valence-corrected chi connectivity index (χ4v) is 3.03. The predicted molar refractivity (Wildman–Crippen MR) is 93.7 cm³/mol. The molecule has 6 nitrogen and oxygen atoms in total. The zero-order valence-corrected chi connectivity index (χ0v) is 13.8. The summed E-state index contributed by atoms with van der Waals surface area (Å²) in [6.45, 7) is 0. The summed E-state index contributed by atoms with van der Waals surface area (Å²) in [6, 6.07) is 8.09. The van der Waals surface area contributed by atoms with E-state index >= 15 is 0 Å². The second-order valence-electron chi connectivity index (χ2n) is 4.51. The number of thiazole rings is 1. The molecule has 0 fully saturated rings. The van der Waals surface area contributed by atoms with Crippen LogP contribution in [0.15, 0.2) is 46.9 Å². The molecule has 0 atom stereocenters. The van der Waals surface area contributed by atoms with E-state index in [1.807, 2.05) is 35.9 Å². The Balaban J connectivity index is 1.76. The molecule has 0 bridgehead atoms. The number of anilines is 2. The first kappa shape index (κ1) is 15.4. The van der Waals surface area contributed by atoms with Crippen molar-refractivity contribution in [3.63, 3.8) is 0 Å². The Kier molecular flexibility index (Phi) is 4.54. The third-order valence-corrected chi connectivity index (χ3v) is 4.55. The van der Waals surface area contributed by atoms with Crippen molar-refractivity contribution in [1.29, 1.82) is 0 Å². The average Bonchev–Trinajstić information content (AvgIpc) is 3.03. The van der Waals surface area contributed by atoms with Gasteiger partial charge >= 0.3 is 0 Å². The van der Waals surface area contributed by atoms with Crippen LogP contribution in [0.1, 0.15) is 10.5 Å². The maximum absolute atomic E-state index is 12.1. The standard InChI is InChI=1S/C15H13N5OS2/c1-22-10-4-2-9(3-5-10)11-8-23-15(19-11)20-14(21)12-13(16)18-7-6-17-12/h2-8H,1H3,(H2,16,18)(H,19,20,21). The number of aromatic nitrogens is 3. The molecule has 23 heavy (non-hydrogen) atoms. The Labute approximate surface area is 141 Å². The summed E-state index contributed by atoms with van der Waals surface area (Å²) in [4.78, 5) is 25.5. The van der Waals surface area contributed by atoms with Crippen LogP contribution < -0.4 is 11.1 Å². The molecule has 1 amide bonds. The number of carbonyl (C=O) groups is 1. The van der Waals surface area contributed by atoms with E-state index in [9.17, 15) is 4.79 Å². The summed E-state index contributed by atoms with van der Waals surface area (Å²) in [6.07, 6.45) is 4.89. The molecule has 1 aromatic carbocycles. The van der Waals surface area contributed by atoms with Crippen LogP contribution in [-0.2, 0) is 0 Å². The molecule has 0 spiro atoms. The van der Waals surface area contributed by atoms with E-state index < -0.39 is 5.91 Å². The lowest BCUT2D eigenvalue weighted by Crippen LogP contribution is -2.16. The van der Waals surface area contributed by atoms with Crippen LogP contribution in [0, 0.1) is 0 Å². The number of nitrogens with zero attached hydrogens (tertiary/aromatic N) is 3. The molecule has 0 aliphatic carbocycles. The number of thioether (sulfide) groups is 1. The molecule has 8 heteroatoms. The number of carbonyl (C=O) groups excluding carboxylic acids is 1. The Bertz CT molecular complexity index is 832. The van der Waals surface area contributed by atoms with Crippen LogP contribution in [-0.4, -0.2) is 27.1 Å². The average molecular weight is 343 g/mol. The fourth-order valence-electron chi connectivity index (χ4n) is 1.91. The molecule has 3 N–H and O–H groups in total. The maximum Gasteiger partial charge on any atom is 0.279 e. The Morgan fingerprint density at radius 1 is 1.22 bits per heavy atom. The van der Waals surface area contributed by atoms with Crippen LogP contribution in [0.4, 0.5) is 10.9 Å². The van der Waals surface area contributed by atoms with E-state index in [1.54, 1.807) is 11.8 Å². The van der Waals surface area contributed by atoms with E-state index in [4.69, 9.17) is 5.73 Å². The summed E-state index contributed by atoms with van der Waals surface area (Å²) in [5.41, 5.74) is 7.55. The molecule has 2 aromatic heterocycles. The molecule has 116 valence electrons. The SMILES string of the molecule is CSc1ccc(-c2csc(NC(=O)c3nccnc3N)n2)cc1. The van der Waals surface area contributed by atoms with Gasteiger partial charge in [-0.25, -0.2) is 15.0 Å². The van der Waals surface area contributed by atoms with Gasteiger partial charge in [-0.3, -0.25) is 10.1 Å². The number of nitrogen functional groups attached to an aromatic ring is 1. The van der Waals surface area contributed by atoms with E-state index in [0.717, 1.165) is 11.3 Å². The van der Waals surface area contributed by atoms with Crippen LogP contribution >= 0.6 is 23.1 Å². The van der Waals surface area contributed by atoms with Gasteiger partial charge in [-0.15, -0.1) is 23.1 Å². The fraction of sp³-hybridized carbons (Fsp3) is 0.0667. The number of hydrogen-bond acceptors (Lipinski definition) is 7. The molecule has 0 radical (unpaired) electrons. The number of rotatable bonds is 4. The van der Waals surface area contributed by atoms with Gasteiger partial charge in [0.15, 0.2) is 16.6 Å². The van der Waals surface area contributed by atoms with Gasteiger partial charge in [0, 0.05) is 28.2 Å². The number of benzene rings is 1. The van der Waals surface area contributed by atoms with E-state index in [-0.39, 0.29) is 11.5 Å². The molecule has 0 aliphatic heterocycles. The summed E-state index contributed by atoms with van der Waals surface area (Å²) < 4.78 is 0. The van der Waals surface area contributed by atoms with E-state index in [2.05, 4.69) is 20.3 Å². The highest BCUT2D eigenvalue weighted by molar-refractivity contribution is 7.98. The minimum atomic E-state index is -0.422. The molecule has 3 rings (SSSR count). The highest BCUT2D eigenvalue weighted by Crippen LogP contribution is 2.27. The van der Waals surface area contributed by atoms with Gasteiger partial charge in [0.1, 0.15) is 0 Å². The number of hydrogen-bond donors (Lipinski definition) is 2. The van der Waals surface area contributed by atoms with Crippen molar-refractivity contribution in [2.75, 3.05) is 17.3 Å². The van der Waals surface area contributed by atoms with Gasteiger partial charge < -0.3 is 5.73 Å². The lowest BCUT2D eigenvalue weighted by molar-refractivity contribution is 0.102. The Hall–Kier alpha value is -2.45. The second kappa shape index (κ2) is 6.76. The van der Waals surface area contributed by atoms with Crippen molar-refractivity contribution in [3.8, 4) is 11.3 Å². The quantitative estimate of drug-likeness (QED) is 0.707. The van der Waals surface area contributed by atoms with Gasteiger partial charge in [0.25, 0.3) is 5.91 Å². The lowest BCUT2D eigenvalue weighted by Gasteiger charge is -2.02. The summed E-state index contributed by atoms with van der Waals surface area (Å²) in [5, 5.41) is 5.08. The number of nitrogens with two attached hydrogens (primary N) is 1. The topological polar surface area (TPSA) is 93.8 Å². The van der Waals surface area contributed by atoms with Gasteiger partial charge in [0.2, 0.25) is 0 Å². The third kappa shape index (κ3) is 3.49. The first-order valence-electron chi connectivity index (χ1n) is 6.65. The minimum Gasteiger partial charge on any atom is -0.382 e. The monoisotopic (exact) mass is 343 g/mol. The summed E-state index contributed by atoms with van der Waals surface area (Å²) in [5.74, 6) is -0.330. The molecule has 0 aliphatic rings. The molecule has 2 heterocycles. The zero-order chi connectivity index (χ0) is 16.2. The summed E-state index contributed by atoms with van der Waals surface area (Å²) in [7, 11) is 0. The van der Waals surface area contributed by atoms with Crippen molar-refractivity contribution in [3.05, 3.63) is 47.7 Å². The van der Waals surface area contributed by atoms with Crippen molar-refractivity contribution in [1.82, 2.24) is 15.0 Å². The molecule has 0 unspecified atom stereocenters. The lowest BCUT2D eigenvalue weighted by atomic mass is 10.2. The second-order valence-corrected chi connectivity index (χ2v) is 6.25. The number of nitrogens with one attached hydrogen (secondary N) is 1. The first-order chi connectivity index (χ1) is 11.2. The smallest absolute Gasteiger partial charge is 0.279 e. The normalized spacial score (nSPS) is 10.5. The van der Waals surface area contributed by atoms with E-state index in [0.29, 0.717) is 5.13 Å². The molecule has 0 saturated heterocycles. The van der Waals surface area contributed by atoms with Crippen molar-refractivity contribution >= 4 is 40.0 Å².